The fourth-order valence-corrected chi connectivity index (χ4v) is 2.44. The van der Waals surface area contributed by atoms with Gasteiger partial charge in [0, 0.05) is 11.8 Å². The van der Waals surface area contributed by atoms with Crippen molar-refractivity contribution in [3.05, 3.63) is 46.9 Å². The minimum Gasteiger partial charge on any atom is -0.491 e. The van der Waals surface area contributed by atoms with E-state index in [9.17, 15) is 4.79 Å². The number of benzene rings is 2. The van der Waals surface area contributed by atoms with E-state index < -0.39 is 0 Å². The summed E-state index contributed by atoms with van der Waals surface area (Å²) < 4.78 is 16.9. The molecule has 0 aromatic heterocycles. The number of hydrogen-bond acceptors (Lipinski definition) is 4. The molecule has 0 aliphatic carbocycles. The van der Waals surface area contributed by atoms with E-state index in [0.29, 0.717) is 30.3 Å². The summed E-state index contributed by atoms with van der Waals surface area (Å²) in [6.07, 6.45) is 0. The monoisotopic (exact) mass is 378 g/mol. The minimum atomic E-state index is -0.306. The third-order valence-corrected chi connectivity index (χ3v) is 3.77. The van der Waals surface area contributed by atoms with Crippen LogP contribution >= 0.6 is 15.9 Å². The van der Waals surface area contributed by atoms with Crippen LogP contribution < -0.4 is 24.8 Å². The maximum atomic E-state index is 11.8. The van der Waals surface area contributed by atoms with Crippen LogP contribution in [0.3, 0.4) is 0 Å². The Balaban J connectivity index is 1.42. The van der Waals surface area contributed by atoms with Crippen molar-refractivity contribution in [2.24, 2.45) is 0 Å². The molecule has 0 atom stereocenters. The smallest absolute Gasteiger partial charge is 0.319 e. The van der Waals surface area contributed by atoms with Gasteiger partial charge in [0.15, 0.2) is 11.5 Å². The lowest BCUT2D eigenvalue weighted by molar-refractivity contribution is 0.174. The lowest BCUT2D eigenvalue weighted by Crippen LogP contribution is -2.32. The van der Waals surface area contributed by atoms with Crippen LogP contribution in [0.5, 0.6) is 17.2 Å². The highest BCUT2D eigenvalue weighted by atomic mass is 79.9. The number of halogens is 1. The average Bonchev–Trinajstić information content (AvgIpc) is 3.01. The van der Waals surface area contributed by atoms with Crippen molar-refractivity contribution in [3.63, 3.8) is 0 Å². The van der Waals surface area contributed by atoms with E-state index >= 15 is 0 Å². The molecule has 0 fully saturated rings. The Hall–Kier alpha value is -2.41. The molecule has 1 aliphatic heterocycles. The number of amides is 2. The number of anilines is 1. The van der Waals surface area contributed by atoms with E-state index in [-0.39, 0.29) is 12.8 Å². The van der Waals surface area contributed by atoms with Gasteiger partial charge in [0.1, 0.15) is 12.4 Å². The number of rotatable bonds is 5. The molecule has 0 saturated carbocycles. The fraction of sp³-hybridized carbons (Fsp3) is 0.188. The molecule has 2 N–H and O–H groups in total. The van der Waals surface area contributed by atoms with E-state index in [2.05, 4.69) is 26.6 Å². The molecule has 1 heterocycles. The first-order valence-corrected chi connectivity index (χ1v) is 7.83. The molecule has 7 heteroatoms. The summed E-state index contributed by atoms with van der Waals surface area (Å²) in [7, 11) is 0. The Morgan fingerprint density at radius 3 is 2.87 bits per heavy atom. The van der Waals surface area contributed by atoms with Gasteiger partial charge < -0.3 is 24.8 Å². The SMILES string of the molecule is O=C(NCCOc1ccccc1Br)Nc1ccc2c(c1)OCO2. The third kappa shape index (κ3) is 4.07. The fourth-order valence-electron chi connectivity index (χ4n) is 2.04. The zero-order valence-corrected chi connectivity index (χ0v) is 13.8. The molecule has 23 heavy (non-hydrogen) atoms. The van der Waals surface area contributed by atoms with Gasteiger partial charge in [0.2, 0.25) is 6.79 Å². The van der Waals surface area contributed by atoms with Crippen molar-refractivity contribution in [2.75, 3.05) is 25.3 Å². The van der Waals surface area contributed by atoms with Gasteiger partial charge in [-0.25, -0.2) is 4.79 Å². The maximum absolute atomic E-state index is 11.8. The summed E-state index contributed by atoms with van der Waals surface area (Å²) in [4.78, 5) is 11.8. The summed E-state index contributed by atoms with van der Waals surface area (Å²) in [5, 5.41) is 5.46. The van der Waals surface area contributed by atoms with Gasteiger partial charge in [0.25, 0.3) is 0 Å². The zero-order valence-electron chi connectivity index (χ0n) is 12.2. The number of carbonyl (C=O) groups is 1. The first-order valence-electron chi connectivity index (χ1n) is 7.04. The van der Waals surface area contributed by atoms with Crippen molar-refractivity contribution in [2.45, 2.75) is 0 Å². The Kier molecular flexibility index (Phi) is 4.87. The van der Waals surface area contributed by atoms with Crippen LogP contribution in [0, 0.1) is 0 Å². The molecule has 0 spiro atoms. The summed E-state index contributed by atoms with van der Waals surface area (Å²) in [6.45, 7) is 0.965. The van der Waals surface area contributed by atoms with Crippen LogP contribution in [-0.2, 0) is 0 Å². The Morgan fingerprint density at radius 1 is 1.17 bits per heavy atom. The van der Waals surface area contributed by atoms with Gasteiger partial charge in [-0.2, -0.15) is 0 Å². The summed E-state index contributed by atoms with van der Waals surface area (Å²) in [5.74, 6) is 2.04. The van der Waals surface area contributed by atoms with Gasteiger partial charge >= 0.3 is 6.03 Å². The quantitative estimate of drug-likeness (QED) is 0.782. The number of urea groups is 1. The lowest BCUT2D eigenvalue weighted by Gasteiger charge is -2.10. The number of nitrogens with one attached hydrogen (secondary N) is 2. The number of ether oxygens (including phenoxy) is 3. The highest BCUT2D eigenvalue weighted by Gasteiger charge is 2.13. The molecular weight excluding hydrogens is 364 g/mol. The van der Waals surface area contributed by atoms with E-state index in [1.54, 1.807) is 18.2 Å². The number of para-hydroxylation sites is 1. The molecule has 120 valence electrons. The summed E-state index contributed by atoms with van der Waals surface area (Å²) in [6, 6.07) is 12.5. The lowest BCUT2D eigenvalue weighted by atomic mass is 10.3. The summed E-state index contributed by atoms with van der Waals surface area (Å²) >= 11 is 3.40. The van der Waals surface area contributed by atoms with Crippen LogP contribution in [0.1, 0.15) is 0 Å². The number of fused-ring (bicyclic) bond motifs is 1. The second-order valence-corrected chi connectivity index (χ2v) is 5.58. The molecular formula is C16H15BrN2O4. The van der Waals surface area contributed by atoms with Crippen LogP contribution in [0.15, 0.2) is 46.9 Å². The van der Waals surface area contributed by atoms with Crippen LogP contribution in [0.25, 0.3) is 0 Å². The molecule has 0 saturated heterocycles. The second-order valence-electron chi connectivity index (χ2n) is 4.73. The highest BCUT2D eigenvalue weighted by Crippen LogP contribution is 2.34. The normalized spacial score (nSPS) is 11.9. The van der Waals surface area contributed by atoms with Gasteiger partial charge in [0.05, 0.1) is 11.0 Å². The topological polar surface area (TPSA) is 68.8 Å². The van der Waals surface area contributed by atoms with Crippen LogP contribution in [0.2, 0.25) is 0 Å². The Morgan fingerprint density at radius 2 is 2.00 bits per heavy atom. The van der Waals surface area contributed by atoms with Gasteiger partial charge in [-0.05, 0) is 40.2 Å². The van der Waals surface area contributed by atoms with Crippen molar-refractivity contribution >= 4 is 27.6 Å². The molecule has 2 aromatic rings. The molecule has 1 aliphatic rings. The van der Waals surface area contributed by atoms with Crippen molar-refractivity contribution in [1.29, 1.82) is 0 Å². The average molecular weight is 379 g/mol. The molecule has 6 nitrogen and oxygen atoms in total. The third-order valence-electron chi connectivity index (χ3n) is 3.11. The zero-order chi connectivity index (χ0) is 16.1. The predicted octanol–water partition coefficient (Wildman–Crippen LogP) is 3.38. The molecule has 0 unspecified atom stereocenters. The Bertz CT molecular complexity index is 708. The van der Waals surface area contributed by atoms with E-state index in [1.807, 2.05) is 24.3 Å². The van der Waals surface area contributed by atoms with Gasteiger partial charge in [-0.1, -0.05) is 12.1 Å². The van der Waals surface area contributed by atoms with E-state index in [1.165, 1.54) is 0 Å². The largest absolute Gasteiger partial charge is 0.491 e. The summed E-state index contributed by atoms with van der Waals surface area (Å²) in [5.41, 5.74) is 0.637. The van der Waals surface area contributed by atoms with E-state index in [4.69, 9.17) is 14.2 Å². The Labute approximate surface area is 141 Å². The van der Waals surface area contributed by atoms with E-state index in [0.717, 1.165) is 10.2 Å². The standard InChI is InChI=1S/C16H15BrN2O4/c17-12-3-1-2-4-13(12)21-8-7-18-16(20)19-11-5-6-14-15(9-11)23-10-22-14/h1-6,9H,7-8,10H2,(H2,18,19,20). The van der Waals surface area contributed by atoms with Crippen molar-refractivity contribution < 1.29 is 19.0 Å². The van der Waals surface area contributed by atoms with Gasteiger partial charge in [-0.3, -0.25) is 0 Å². The maximum Gasteiger partial charge on any atom is 0.319 e. The van der Waals surface area contributed by atoms with Crippen LogP contribution in [-0.4, -0.2) is 26.0 Å². The minimum absolute atomic E-state index is 0.206. The van der Waals surface area contributed by atoms with Gasteiger partial charge in [-0.15, -0.1) is 0 Å². The van der Waals surface area contributed by atoms with Crippen molar-refractivity contribution in [1.82, 2.24) is 5.32 Å². The molecule has 3 rings (SSSR count). The number of carbonyl (C=O) groups excluding carboxylic acids is 1. The molecule has 2 aromatic carbocycles. The predicted molar refractivity (Wildman–Crippen MR) is 89.2 cm³/mol. The number of hydrogen-bond donors (Lipinski definition) is 2. The second kappa shape index (κ2) is 7.23. The van der Waals surface area contributed by atoms with Crippen molar-refractivity contribution in [3.8, 4) is 17.2 Å². The van der Waals surface area contributed by atoms with Crippen LogP contribution in [0.4, 0.5) is 10.5 Å². The first kappa shape index (κ1) is 15.5. The first-order chi connectivity index (χ1) is 11.2. The molecule has 2 amide bonds. The molecule has 0 radical (unpaired) electrons. The molecule has 0 bridgehead atoms. The highest BCUT2D eigenvalue weighted by molar-refractivity contribution is 9.10.